The number of carbonyl (C=O) groups excluding carboxylic acids is 2. The number of carboxylic acid groups (broad SMARTS) is 1. The van der Waals surface area contributed by atoms with Gasteiger partial charge in [-0.1, -0.05) is 13.8 Å². The Morgan fingerprint density at radius 3 is 2.36 bits per heavy atom. The third-order valence-electron chi connectivity index (χ3n) is 3.62. The minimum Gasteiger partial charge on any atom is -0.477 e. The zero-order chi connectivity index (χ0) is 20.8. The number of aromatic nitrogens is 3. The number of rotatable bonds is 9. The molecule has 0 aliphatic heterocycles. The Balaban J connectivity index is 2.30. The van der Waals surface area contributed by atoms with Crippen LogP contribution in [0.2, 0.25) is 0 Å². The molecule has 7 N–H and O–H groups in total. The molecule has 0 bridgehead atoms. The van der Waals surface area contributed by atoms with Crippen molar-refractivity contribution in [1.29, 1.82) is 0 Å². The SMILES string of the molecule is CC(C)C[C@@H](Nc1cnc(C(N)=O)c(Nc2ccc(C(=O)O)nc2)n1)C(N)=O. The first-order chi connectivity index (χ1) is 13.2. The smallest absolute Gasteiger partial charge is 0.354 e. The van der Waals surface area contributed by atoms with Crippen LogP contribution in [0.5, 0.6) is 0 Å². The molecular formula is C17H21N7O4. The van der Waals surface area contributed by atoms with Gasteiger partial charge in [-0.05, 0) is 24.5 Å². The molecule has 2 heterocycles. The van der Waals surface area contributed by atoms with E-state index in [2.05, 4.69) is 25.6 Å². The molecule has 0 fully saturated rings. The first-order valence-electron chi connectivity index (χ1n) is 8.36. The van der Waals surface area contributed by atoms with Crippen LogP contribution < -0.4 is 22.1 Å². The van der Waals surface area contributed by atoms with E-state index in [4.69, 9.17) is 16.6 Å². The zero-order valence-corrected chi connectivity index (χ0v) is 15.3. The Morgan fingerprint density at radius 1 is 1.14 bits per heavy atom. The normalized spacial score (nSPS) is 11.7. The second-order valence-corrected chi connectivity index (χ2v) is 6.41. The standard InChI is InChI=1S/C17H21N7O4/c1-8(2)5-11(14(18)25)23-12-7-21-13(15(19)26)16(24-12)22-9-3-4-10(17(27)28)20-6-9/h3-4,6-8,11H,5H2,1-2H3,(H2,18,25)(H2,19,26)(H,27,28)(H2,22,23,24)/t11-/m1/s1. The van der Waals surface area contributed by atoms with Gasteiger partial charge < -0.3 is 27.2 Å². The molecule has 0 aromatic carbocycles. The van der Waals surface area contributed by atoms with Crippen LogP contribution in [0.3, 0.4) is 0 Å². The lowest BCUT2D eigenvalue weighted by Crippen LogP contribution is -2.37. The predicted octanol–water partition coefficient (Wildman–Crippen LogP) is 0.724. The lowest BCUT2D eigenvalue weighted by molar-refractivity contribution is -0.119. The maximum Gasteiger partial charge on any atom is 0.354 e. The zero-order valence-electron chi connectivity index (χ0n) is 15.3. The second kappa shape index (κ2) is 8.75. The van der Waals surface area contributed by atoms with Crippen molar-refractivity contribution in [3.8, 4) is 0 Å². The van der Waals surface area contributed by atoms with Crippen molar-refractivity contribution in [3.05, 3.63) is 35.9 Å². The molecule has 0 aliphatic carbocycles. The van der Waals surface area contributed by atoms with Crippen LogP contribution in [0, 0.1) is 5.92 Å². The molecule has 2 aromatic heterocycles. The van der Waals surface area contributed by atoms with Crippen LogP contribution in [-0.2, 0) is 4.79 Å². The maximum atomic E-state index is 11.6. The fraction of sp³-hybridized carbons (Fsp3) is 0.294. The van der Waals surface area contributed by atoms with Crippen LogP contribution in [-0.4, -0.2) is 43.9 Å². The van der Waals surface area contributed by atoms with Crippen LogP contribution >= 0.6 is 0 Å². The van der Waals surface area contributed by atoms with E-state index in [1.165, 1.54) is 24.5 Å². The number of pyridine rings is 1. The highest BCUT2D eigenvalue weighted by atomic mass is 16.4. The van der Waals surface area contributed by atoms with Gasteiger partial charge in [-0.15, -0.1) is 0 Å². The minimum atomic E-state index is -1.17. The van der Waals surface area contributed by atoms with Gasteiger partial charge in [-0.2, -0.15) is 0 Å². The molecule has 11 nitrogen and oxygen atoms in total. The third kappa shape index (κ3) is 5.37. The molecule has 1 atom stereocenters. The number of aromatic carboxylic acids is 1. The van der Waals surface area contributed by atoms with E-state index < -0.39 is 23.8 Å². The number of nitrogens with one attached hydrogen (secondary N) is 2. The first-order valence-corrected chi connectivity index (χ1v) is 8.36. The van der Waals surface area contributed by atoms with Gasteiger partial charge in [-0.25, -0.2) is 19.7 Å². The van der Waals surface area contributed by atoms with E-state index in [1.54, 1.807) is 0 Å². The van der Waals surface area contributed by atoms with Crippen molar-refractivity contribution in [1.82, 2.24) is 15.0 Å². The van der Waals surface area contributed by atoms with Gasteiger partial charge in [0.25, 0.3) is 5.91 Å². The summed E-state index contributed by atoms with van der Waals surface area (Å²) in [7, 11) is 0. The minimum absolute atomic E-state index is 0.0233. The molecule has 2 amide bonds. The van der Waals surface area contributed by atoms with Crippen LogP contribution in [0.15, 0.2) is 24.5 Å². The summed E-state index contributed by atoms with van der Waals surface area (Å²) < 4.78 is 0. The average molecular weight is 387 g/mol. The van der Waals surface area contributed by atoms with E-state index in [1.807, 2.05) is 13.8 Å². The summed E-state index contributed by atoms with van der Waals surface area (Å²) in [6.07, 6.45) is 3.02. The lowest BCUT2D eigenvalue weighted by atomic mass is 10.0. The predicted molar refractivity (Wildman–Crippen MR) is 101 cm³/mol. The number of primary amides is 2. The summed E-state index contributed by atoms with van der Waals surface area (Å²) in [5.41, 5.74) is 10.8. The maximum absolute atomic E-state index is 11.6. The molecule has 11 heteroatoms. The second-order valence-electron chi connectivity index (χ2n) is 6.41. The fourth-order valence-corrected chi connectivity index (χ4v) is 2.35. The average Bonchev–Trinajstić information content (AvgIpc) is 2.61. The number of anilines is 3. The Morgan fingerprint density at radius 2 is 1.86 bits per heavy atom. The summed E-state index contributed by atoms with van der Waals surface area (Å²) in [5, 5.41) is 14.6. The van der Waals surface area contributed by atoms with Gasteiger partial charge in [0, 0.05) is 0 Å². The third-order valence-corrected chi connectivity index (χ3v) is 3.62. The van der Waals surface area contributed by atoms with Crippen molar-refractivity contribution < 1.29 is 19.5 Å². The summed E-state index contributed by atoms with van der Waals surface area (Å²) in [4.78, 5) is 46.2. The van der Waals surface area contributed by atoms with Gasteiger partial charge in [0.05, 0.1) is 18.1 Å². The number of hydrogen-bond acceptors (Lipinski definition) is 8. The van der Waals surface area contributed by atoms with E-state index in [-0.39, 0.29) is 28.9 Å². The van der Waals surface area contributed by atoms with E-state index in [9.17, 15) is 14.4 Å². The van der Waals surface area contributed by atoms with E-state index in [0.717, 1.165) is 0 Å². The number of hydrogen-bond donors (Lipinski definition) is 5. The first kappa shape index (κ1) is 20.6. The molecule has 0 unspecified atom stereocenters. The number of amides is 2. The molecule has 0 saturated carbocycles. The van der Waals surface area contributed by atoms with Crippen molar-refractivity contribution in [2.75, 3.05) is 10.6 Å². The highest BCUT2D eigenvalue weighted by molar-refractivity contribution is 5.96. The summed E-state index contributed by atoms with van der Waals surface area (Å²) in [6, 6.07) is 2.07. The molecule has 2 aromatic rings. The molecule has 0 saturated heterocycles. The van der Waals surface area contributed by atoms with Gasteiger partial charge in [0.1, 0.15) is 17.6 Å². The number of carbonyl (C=O) groups is 3. The summed E-state index contributed by atoms with van der Waals surface area (Å²) >= 11 is 0. The molecule has 2 rings (SSSR count). The quantitative estimate of drug-likeness (QED) is 0.413. The molecule has 0 aliphatic rings. The molecule has 0 radical (unpaired) electrons. The van der Waals surface area contributed by atoms with E-state index >= 15 is 0 Å². The van der Waals surface area contributed by atoms with Gasteiger partial charge in [0.2, 0.25) is 5.91 Å². The Labute approximate surface area is 160 Å². The largest absolute Gasteiger partial charge is 0.477 e. The molecular weight excluding hydrogens is 366 g/mol. The lowest BCUT2D eigenvalue weighted by Gasteiger charge is -2.18. The van der Waals surface area contributed by atoms with Gasteiger partial charge in [0.15, 0.2) is 11.5 Å². The Hall–Kier alpha value is -3.76. The Bertz CT molecular complexity index is 884. The highest BCUT2D eigenvalue weighted by Crippen LogP contribution is 2.20. The van der Waals surface area contributed by atoms with Crippen LogP contribution in [0.4, 0.5) is 17.3 Å². The molecule has 148 valence electrons. The van der Waals surface area contributed by atoms with E-state index in [0.29, 0.717) is 12.1 Å². The number of carboxylic acids is 1. The Kier molecular flexibility index (Phi) is 6.42. The van der Waals surface area contributed by atoms with Crippen molar-refractivity contribution in [2.45, 2.75) is 26.3 Å². The van der Waals surface area contributed by atoms with Crippen molar-refractivity contribution in [2.24, 2.45) is 17.4 Å². The van der Waals surface area contributed by atoms with Gasteiger partial charge >= 0.3 is 5.97 Å². The highest BCUT2D eigenvalue weighted by Gasteiger charge is 2.19. The van der Waals surface area contributed by atoms with Crippen LogP contribution in [0.25, 0.3) is 0 Å². The monoisotopic (exact) mass is 387 g/mol. The molecule has 28 heavy (non-hydrogen) atoms. The summed E-state index contributed by atoms with van der Waals surface area (Å²) in [6.45, 7) is 3.89. The topological polar surface area (TPSA) is 186 Å². The molecule has 0 spiro atoms. The van der Waals surface area contributed by atoms with Crippen LogP contribution in [0.1, 0.15) is 41.2 Å². The fourth-order valence-electron chi connectivity index (χ4n) is 2.35. The number of nitrogens with two attached hydrogens (primary N) is 2. The van der Waals surface area contributed by atoms with Crippen molar-refractivity contribution in [3.63, 3.8) is 0 Å². The number of nitrogens with zero attached hydrogens (tertiary/aromatic N) is 3. The van der Waals surface area contributed by atoms with Gasteiger partial charge in [-0.3, -0.25) is 9.59 Å². The van der Waals surface area contributed by atoms with Crippen molar-refractivity contribution >= 4 is 35.1 Å². The summed E-state index contributed by atoms with van der Waals surface area (Å²) in [5.74, 6) is -2.08.